The van der Waals surface area contributed by atoms with Crippen LogP contribution in [0.2, 0.25) is 0 Å². The predicted molar refractivity (Wildman–Crippen MR) is 184 cm³/mol. The molecule has 46 heavy (non-hydrogen) atoms. The molecule has 3 rings (SSSR count). The molecule has 3 aromatic rings. The van der Waals surface area contributed by atoms with Crippen molar-refractivity contribution in [2.45, 2.75) is 63.2 Å². The van der Waals surface area contributed by atoms with Crippen LogP contribution in [0.1, 0.15) is 49.8 Å². The number of benzene rings is 3. The molecule has 0 aliphatic rings. The maximum Gasteiger partial charge on any atom is 0.242 e. The number of hydrogen-bond acceptors (Lipinski definition) is 7. The summed E-state index contributed by atoms with van der Waals surface area (Å²) in [6.45, 7) is 3.26. The summed E-state index contributed by atoms with van der Waals surface area (Å²) in [4.78, 5) is 34.8. The van der Waals surface area contributed by atoms with Crippen molar-refractivity contribution in [3.05, 3.63) is 77.9 Å². The molecule has 14 N–H and O–H groups in total. The standard InChI is InChI=1S/C33H48N10O3/c1-21(24-13-12-23-6-2-3-7-25(23)19-24)41-20-26(8-4-16-39-32(35)36)42-31(46)29(9-5-17-40-33(37)38)43-30(45)28(34)18-22-10-14-27(44)15-11-22/h2-3,6-7,10-15,19,21,26,28-29,41,44H,4-5,8-9,16-18,20,34H2,1H3,(H,42,46)(H,43,45)(H4,35,36,39)(H4,37,38,40)/t21-,26-,28-,29-/m0/s1. The highest BCUT2D eigenvalue weighted by atomic mass is 16.3. The first-order valence-corrected chi connectivity index (χ1v) is 15.5. The number of nitrogens with one attached hydrogen (secondary N) is 3. The molecule has 0 heterocycles. The van der Waals surface area contributed by atoms with Crippen LogP contribution < -0.4 is 44.6 Å². The highest BCUT2D eigenvalue weighted by Gasteiger charge is 2.26. The van der Waals surface area contributed by atoms with Gasteiger partial charge in [0.15, 0.2) is 11.9 Å². The second kappa shape index (κ2) is 18.2. The summed E-state index contributed by atoms with van der Waals surface area (Å²) in [6, 6.07) is 18.9. The van der Waals surface area contributed by atoms with Gasteiger partial charge in [-0.25, -0.2) is 0 Å². The number of amides is 2. The third-order valence-corrected chi connectivity index (χ3v) is 7.60. The first kappa shape index (κ1) is 35.6. The highest BCUT2D eigenvalue weighted by molar-refractivity contribution is 5.90. The largest absolute Gasteiger partial charge is 0.508 e. The van der Waals surface area contributed by atoms with E-state index in [1.165, 1.54) is 17.5 Å². The van der Waals surface area contributed by atoms with E-state index in [9.17, 15) is 14.7 Å². The number of rotatable bonds is 18. The number of phenolic OH excluding ortho intramolecular Hbond substituents is 1. The molecule has 0 saturated carbocycles. The Hall–Kier alpha value is -4.88. The van der Waals surface area contributed by atoms with E-state index in [0.29, 0.717) is 45.3 Å². The number of nitrogens with zero attached hydrogens (tertiary/aromatic N) is 2. The normalized spacial score (nSPS) is 13.6. The Balaban J connectivity index is 1.69. The molecule has 0 spiro atoms. The molecule has 2 amide bonds. The maximum absolute atomic E-state index is 13.7. The number of aromatic hydroxyl groups is 1. The van der Waals surface area contributed by atoms with Gasteiger partial charge in [0.05, 0.1) is 6.04 Å². The minimum absolute atomic E-state index is 0.00898. The summed E-state index contributed by atoms with van der Waals surface area (Å²) < 4.78 is 0. The summed E-state index contributed by atoms with van der Waals surface area (Å²) in [5.74, 6) is -0.734. The molecule has 0 bridgehead atoms. The van der Waals surface area contributed by atoms with Crippen LogP contribution in [-0.2, 0) is 16.0 Å². The van der Waals surface area contributed by atoms with Gasteiger partial charge in [-0.05, 0) is 79.1 Å². The quantitative estimate of drug-likeness (QED) is 0.0547. The zero-order chi connectivity index (χ0) is 33.5. The number of guanidine groups is 2. The van der Waals surface area contributed by atoms with Crippen molar-refractivity contribution in [1.82, 2.24) is 16.0 Å². The topological polar surface area (TPSA) is 245 Å². The number of carbonyl (C=O) groups is 2. The molecule has 0 fully saturated rings. The minimum atomic E-state index is -0.905. The molecule has 248 valence electrons. The summed E-state index contributed by atoms with van der Waals surface area (Å²) in [5, 5.41) is 21.3. The third-order valence-electron chi connectivity index (χ3n) is 7.60. The van der Waals surface area contributed by atoms with E-state index in [0.717, 1.165) is 16.5 Å². The molecular formula is C33H48N10O3. The second-order valence-electron chi connectivity index (χ2n) is 11.4. The van der Waals surface area contributed by atoms with Crippen LogP contribution in [0.25, 0.3) is 10.8 Å². The van der Waals surface area contributed by atoms with Crippen LogP contribution in [-0.4, -0.2) is 66.6 Å². The van der Waals surface area contributed by atoms with Crippen molar-refractivity contribution in [2.75, 3.05) is 19.6 Å². The molecule has 0 aromatic heterocycles. The number of fused-ring (bicyclic) bond motifs is 1. The SMILES string of the molecule is C[C@H](NC[C@H](CCCN=C(N)N)NC(=O)[C@H](CCCN=C(N)N)NC(=O)[C@@H](N)Cc1ccc(O)cc1)c1ccc2ccccc2c1. The fourth-order valence-corrected chi connectivity index (χ4v) is 5.02. The molecule has 0 radical (unpaired) electrons. The lowest BCUT2D eigenvalue weighted by atomic mass is 10.0. The number of nitrogens with two attached hydrogens (primary N) is 5. The van der Waals surface area contributed by atoms with Crippen LogP contribution >= 0.6 is 0 Å². The van der Waals surface area contributed by atoms with E-state index in [1.54, 1.807) is 12.1 Å². The Morgan fingerprint density at radius 2 is 1.43 bits per heavy atom. The fourth-order valence-electron chi connectivity index (χ4n) is 5.02. The first-order chi connectivity index (χ1) is 22.0. The number of aliphatic imine (C=N–C) groups is 2. The molecule has 13 nitrogen and oxygen atoms in total. The zero-order valence-electron chi connectivity index (χ0n) is 26.4. The second-order valence-corrected chi connectivity index (χ2v) is 11.4. The number of carbonyl (C=O) groups excluding carboxylic acids is 2. The first-order valence-electron chi connectivity index (χ1n) is 15.5. The van der Waals surface area contributed by atoms with E-state index >= 15 is 0 Å². The predicted octanol–water partition coefficient (Wildman–Crippen LogP) is 0.843. The van der Waals surface area contributed by atoms with Crippen LogP contribution in [0.15, 0.2) is 76.7 Å². The summed E-state index contributed by atoms with van der Waals surface area (Å²) in [7, 11) is 0. The summed E-state index contributed by atoms with van der Waals surface area (Å²) in [5.41, 5.74) is 30.0. The lowest BCUT2D eigenvalue weighted by Crippen LogP contribution is -2.55. The van der Waals surface area contributed by atoms with Crippen molar-refractivity contribution in [2.24, 2.45) is 38.7 Å². The molecule has 4 atom stereocenters. The van der Waals surface area contributed by atoms with Crippen molar-refractivity contribution in [3.63, 3.8) is 0 Å². The smallest absolute Gasteiger partial charge is 0.242 e. The van der Waals surface area contributed by atoms with Crippen LogP contribution in [0, 0.1) is 0 Å². The Morgan fingerprint density at radius 3 is 2.09 bits per heavy atom. The van der Waals surface area contributed by atoms with Gasteiger partial charge < -0.3 is 49.7 Å². The van der Waals surface area contributed by atoms with E-state index < -0.39 is 18.0 Å². The van der Waals surface area contributed by atoms with Gasteiger partial charge >= 0.3 is 0 Å². The van der Waals surface area contributed by atoms with Crippen LogP contribution in [0.4, 0.5) is 0 Å². The highest BCUT2D eigenvalue weighted by Crippen LogP contribution is 2.20. The molecular weight excluding hydrogens is 584 g/mol. The van der Waals surface area contributed by atoms with E-state index in [4.69, 9.17) is 28.7 Å². The molecule has 0 aliphatic carbocycles. The molecule has 0 saturated heterocycles. The van der Waals surface area contributed by atoms with E-state index in [1.807, 2.05) is 12.1 Å². The Labute approximate surface area is 270 Å². The minimum Gasteiger partial charge on any atom is -0.508 e. The average molecular weight is 633 g/mol. The van der Waals surface area contributed by atoms with Gasteiger partial charge in [-0.2, -0.15) is 0 Å². The number of hydrogen-bond donors (Lipinski definition) is 9. The van der Waals surface area contributed by atoms with Gasteiger partial charge in [0.25, 0.3) is 0 Å². The van der Waals surface area contributed by atoms with Crippen molar-refractivity contribution < 1.29 is 14.7 Å². The summed E-state index contributed by atoms with van der Waals surface area (Å²) in [6.07, 6.45) is 2.21. The van der Waals surface area contributed by atoms with Crippen molar-refractivity contribution in [3.8, 4) is 5.75 Å². The van der Waals surface area contributed by atoms with Crippen LogP contribution in [0.3, 0.4) is 0 Å². The Morgan fingerprint density at radius 1 is 0.804 bits per heavy atom. The Bertz CT molecular complexity index is 1470. The third kappa shape index (κ3) is 12.3. The van der Waals surface area contributed by atoms with Gasteiger partial charge in [0.2, 0.25) is 11.8 Å². The zero-order valence-corrected chi connectivity index (χ0v) is 26.4. The van der Waals surface area contributed by atoms with Gasteiger partial charge in [-0.1, -0.05) is 48.5 Å². The number of phenols is 1. The maximum atomic E-state index is 13.7. The summed E-state index contributed by atoms with van der Waals surface area (Å²) >= 11 is 0. The van der Waals surface area contributed by atoms with Gasteiger partial charge in [-0.3, -0.25) is 19.6 Å². The average Bonchev–Trinajstić information content (AvgIpc) is 3.03. The van der Waals surface area contributed by atoms with Crippen molar-refractivity contribution in [1.29, 1.82) is 0 Å². The fraction of sp³-hybridized carbons (Fsp3) is 0.394. The Kier molecular flexibility index (Phi) is 14.1. The van der Waals surface area contributed by atoms with E-state index in [-0.39, 0.29) is 42.1 Å². The van der Waals surface area contributed by atoms with Gasteiger partial charge in [-0.15, -0.1) is 0 Å². The molecule has 0 aliphatic heterocycles. The van der Waals surface area contributed by atoms with Crippen molar-refractivity contribution >= 4 is 34.5 Å². The van der Waals surface area contributed by atoms with E-state index in [2.05, 4.69) is 63.2 Å². The monoisotopic (exact) mass is 632 g/mol. The molecule has 0 unspecified atom stereocenters. The van der Waals surface area contributed by atoms with Crippen LogP contribution in [0.5, 0.6) is 5.75 Å². The van der Waals surface area contributed by atoms with Gasteiger partial charge in [0, 0.05) is 31.7 Å². The lowest BCUT2D eigenvalue weighted by molar-refractivity contribution is -0.130. The lowest BCUT2D eigenvalue weighted by Gasteiger charge is -2.26. The van der Waals surface area contributed by atoms with Gasteiger partial charge in [0.1, 0.15) is 11.8 Å². The molecule has 13 heteroatoms. The molecule has 3 aromatic carbocycles.